The largest absolute Gasteiger partial charge is 0.377 e. The fourth-order valence-electron chi connectivity index (χ4n) is 3.03. The fraction of sp³-hybridized carbons (Fsp3) is 0.444. The number of aryl methyl sites for hydroxylation is 1. The summed E-state index contributed by atoms with van der Waals surface area (Å²) < 4.78 is 7.08. The van der Waals surface area contributed by atoms with E-state index >= 15 is 0 Å². The van der Waals surface area contributed by atoms with Crippen LogP contribution >= 0.6 is 0 Å². The number of carbonyl (C=O) groups excluding carboxylic acids is 1. The van der Waals surface area contributed by atoms with Gasteiger partial charge in [-0.2, -0.15) is 5.10 Å². The highest BCUT2D eigenvalue weighted by Gasteiger charge is 2.30. The number of aromatic nitrogens is 2. The van der Waals surface area contributed by atoms with Gasteiger partial charge in [0.05, 0.1) is 18.0 Å². The highest BCUT2D eigenvalue weighted by Crippen LogP contribution is 2.24. The second-order valence-electron chi connectivity index (χ2n) is 6.20. The quantitative estimate of drug-likeness (QED) is 0.917. The minimum atomic E-state index is -0.216. The molecule has 0 saturated carbocycles. The monoisotopic (exact) mass is 328 g/mol. The molecule has 1 saturated heterocycles. The van der Waals surface area contributed by atoms with Gasteiger partial charge in [0, 0.05) is 32.6 Å². The Hall–Kier alpha value is -2.34. The summed E-state index contributed by atoms with van der Waals surface area (Å²) in [5.74, 6) is 0.0967. The zero-order chi connectivity index (χ0) is 17.1. The molecule has 0 aliphatic carbocycles. The van der Waals surface area contributed by atoms with E-state index in [1.165, 1.54) is 0 Å². The van der Waals surface area contributed by atoms with Crippen molar-refractivity contribution in [2.24, 2.45) is 7.05 Å². The molecule has 2 unspecified atom stereocenters. The van der Waals surface area contributed by atoms with Gasteiger partial charge in [0.1, 0.15) is 6.04 Å². The maximum atomic E-state index is 12.8. The molecule has 0 bridgehead atoms. The molecule has 2 aromatic rings. The van der Waals surface area contributed by atoms with E-state index in [-0.39, 0.29) is 18.1 Å². The lowest BCUT2D eigenvalue weighted by atomic mass is 10.0. The fourth-order valence-corrected chi connectivity index (χ4v) is 3.03. The lowest BCUT2D eigenvalue weighted by Crippen LogP contribution is -2.47. The number of ether oxygens (including phenoxy) is 1. The Morgan fingerprint density at radius 1 is 1.42 bits per heavy atom. The SMILES string of the molecule is COC(C)c1cccc(NC2CCCN(c3cnn(C)c3)C2=O)c1. The molecule has 2 atom stereocenters. The molecular weight excluding hydrogens is 304 g/mol. The van der Waals surface area contributed by atoms with Crippen LogP contribution in [0.1, 0.15) is 31.4 Å². The zero-order valence-corrected chi connectivity index (χ0v) is 14.4. The lowest BCUT2D eigenvalue weighted by Gasteiger charge is -2.32. The Kier molecular flexibility index (Phi) is 4.85. The Labute approximate surface area is 142 Å². The van der Waals surface area contributed by atoms with Gasteiger partial charge < -0.3 is 15.0 Å². The topological polar surface area (TPSA) is 59.4 Å². The maximum absolute atomic E-state index is 12.8. The lowest BCUT2D eigenvalue weighted by molar-refractivity contribution is -0.120. The Morgan fingerprint density at radius 3 is 2.96 bits per heavy atom. The molecule has 128 valence electrons. The molecule has 2 heterocycles. The predicted molar refractivity (Wildman–Crippen MR) is 94.1 cm³/mol. The molecule has 1 aliphatic heterocycles. The van der Waals surface area contributed by atoms with Crippen molar-refractivity contribution in [1.82, 2.24) is 9.78 Å². The summed E-state index contributed by atoms with van der Waals surface area (Å²) in [7, 11) is 3.55. The van der Waals surface area contributed by atoms with Crippen molar-refractivity contribution < 1.29 is 9.53 Å². The molecule has 24 heavy (non-hydrogen) atoms. The van der Waals surface area contributed by atoms with Crippen molar-refractivity contribution in [2.75, 3.05) is 23.9 Å². The average Bonchev–Trinajstić information content (AvgIpc) is 3.02. The minimum Gasteiger partial charge on any atom is -0.377 e. The van der Waals surface area contributed by atoms with Crippen molar-refractivity contribution >= 4 is 17.3 Å². The van der Waals surface area contributed by atoms with Crippen LogP contribution in [-0.4, -0.2) is 35.4 Å². The maximum Gasteiger partial charge on any atom is 0.249 e. The van der Waals surface area contributed by atoms with Gasteiger partial charge in [0.25, 0.3) is 0 Å². The van der Waals surface area contributed by atoms with Crippen LogP contribution in [0.5, 0.6) is 0 Å². The first kappa shape index (κ1) is 16.5. The summed E-state index contributed by atoms with van der Waals surface area (Å²) in [6.07, 6.45) is 5.44. The summed E-state index contributed by atoms with van der Waals surface area (Å²) in [6, 6.07) is 7.84. The van der Waals surface area contributed by atoms with Crippen LogP contribution in [0.25, 0.3) is 0 Å². The predicted octanol–water partition coefficient (Wildman–Crippen LogP) is 2.74. The smallest absolute Gasteiger partial charge is 0.249 e. The summed E-state index contributed by atoms with van der Waals surface area (Å²) in [5, 5.41) is 7.55. The number of nitrogens with one attached hydrogen (secondary N) is 1. The van der Waals surface area contributed by atoms with Gasteiger partial charge in [-0.3, -0.25) is 9.48 Å². The molecular formula is C18H24N4O2. The Balaban J connectivity index is 1.74. The molecule has 1 aromatic carbocycles. The van der Waals surface area contributed by atoms with E-state index in [9.17, 15) is 4.79 Å². The normalized spacial score (nSPS) is 19.4. The van der Waals surface area contributed by atoms with Crippen LogP contribution in [0.3, 0.4) is 0 Å². The van der Waals surface area contributed by atoms with E-state index in [0.717, 1.165) is 36.3 Å². The number of anilines is 2. The third kappa shape index (κ3) is 3.43. The number of hydrogen-bond acceptors (Lipinski definition) is 4. The second kappa shape index (κ2) is 7.05. The first-order valence-electron chi connectivity index (χ1n) is 8.28. The number of benzene rings is 1. The van der Waals surface area contributed by atoms with Gasteiger partial charge >= 0.3 is 0 Å². The number of piperidine rings is 1. The Bertz CT molecular complexity index is 713. The van der Waals surface area contributed by atoms with Crippen molar-refractivity contribution in [3.8, 4) is 0 Å². The van der Waals surface area contributed by atoms with Crippen LogP contribution in [0.15, 0.2) is 36.7 Å². The van der Waals surface area contributed by atoms with Gasteiger partial charge in [-0.15, -0.1) is 0 Å². The van der Waals surface area contributed by atoms with Gasteiger partial charge in [0.2, 0.25) is 5.91 Å². The van der Waals surface area contributed by atoms with Crippen molar-refractivity contribution in [1.29, 1.82) is 0 Å². The van der Waals surface area contributed by atoms with E-state index < -0.39 is 0 Å². The first-order valence-corrected chi connectivity index (χ1v) is 8.28. The van der Waals surface area contributed by atoms with Gasteiger partial charge in [-0.05, 0) is 37.5 Å². The van der Waals surface area contributed by atoms with Crippen molar-refractivity contribution in [3.63, 3.8) is 0 Å². The molecule has 0 spiro atoms. The average molecular weight is 328 g/mol. The number of rotatable bonds is 5. The standard InChI is InChI=1S/C18H24N4O2/c1-13(24-3)14-6-4-7-15(10-14)20-17-8-5-9-22(18(17)23)16-11-19-21(2)12-16/h4,6-7,10-13,17,20H,5,8-9H2,1-3H3. The molecule has 1 N–H and O–H groups in total. The number of methoxy groups -OCH3 is 1. The van der Waals surface area contributed by atoms with Crippen molar-refractivity contribution in [2.45, 2.75) is 31.9 Å². The van der Waals surface area contributed by atoms with E-state index in [2.05, 4.69) is 10.4 Å². The van der Waals surface area contributed by atoms with Gasteiger partial charge in [-0.1, -0.05) is 12.1 Å². The molecule has 0 radical (unpaired) electrons. The third-order valence-corrected chi connectivity index (χ3v) is 4.49. The van der Waals surface area contributed by atoms with E-state index in [4.69, 9.17) is 4.74 Å². The molecule has 1 aromatic heterocycles. The molecule has 1 aliphatic rings. The third-order valence-electron chi connectivity index (χ3n) is 4.49. The van der Waals surface area contributed by atoms with Gasteiger partial charge in [0.15, 0.2) is 0 Å². The summed E-state index contributed by atoms with van der Waals surface area (Å²) in [6.45, 7) is 2.75. The molecule has 1 fully saturated rings. The van der Waals surface area contributed by atoms with E-state index in [0.29, 0.717) is 0 Å². The highest BCUT2D eigenvalue weighted by atomic mass is 16.5. The van der Waals surface area contributed by atoms with E-state index in [1.807, 2.05) is 49.3 Å². The molecule has 6 nitrogen and oxygen atoms in total. The molecule has 6 heteroatoms. The minimum absolute atomic E-state index is 0.0284. The van der Waals surface area contributed by atoms with E-state index in [1.54, 1.807) is 18.0 Å². The van der Waals surface area contributed by atoms with Crippen LogP contribution in [-0.2, 0) is 16.6 Å². The summed E-state index contributed by atoms with van der Waals surface area (Å²) >= 11 is 0. The molecule has 1 amide bonds. The van der Waals surface area contributed by atoms with Gasteiger partial charge in [-0.25, -0.2) is 0 Å². The Morgan fingerprint density at radius 2 is 2.25 bits per heavy atom. The number of amides is 1. The first-order chi connectivity index (χ1) is 11.6. The van der Waals surface area contributed by atoms with Crippen LogP contribution in [0.4, 0.5) is 11.4 Å². The summed E-state index contributed by atoms with van der Waals surface area (Å²) in [4.78, 5) is 14.6. The second-order valence-corrected chi connectivity index (χ2v) is 6.20. The highest BCUT2D eigenvalue weighted by molar-refractivity contribution is 5.99. The zero-order valence-electron chi connectivity index (χ0n) is 14.4. The van der Waals surface area contributed by atoms with Crippen LogP contribution < -0.4 is 10.2 Å². The van der Waals surface area contributed by atoms with Crippen LogP contribution in [0.2, 0.25) is 0 Å². The number of carbonyl (C=O) groups is 1. The molecule has 3 rings (SSSR count). The number of nitrogens with zero attached hydrogens (tertiary/aromatic N) is 3. The number of hydrogen-bond donors (Lipinski definition) is 1. The summed E-state index contributed by atoms with van der Waals surface area (Å²) in [5.41, 5.74) is 2.90. The van der Waals surface area contributed by atoms with Crippen molar-refractivity contribution in [3.05, 3.63) is 42.2 Å². The van der Waals surface area contributed by atoms with Crippen LogP contribution in [0, 0.1) is 0 Å².